The third kappa shape index (κ3) is 5.84. The number of methoxy groups -OCH3 is 1. The van der Waals surface area contributed by atoms with Gasteiger partial charge in [-0.2, -0.15) is 0 Å². The molecule has 0 saturated carbocycles. The molecule has 0 aromatic heterocycles. The van der Waals surface area contributed by atoms with E-state index in [1.807, 2.05) is 30.3 Å². The predicted molar refractivity (Wildman–Crippen MR) is 134 cm³/mol. The number of primary amides is 1. The van der Waals surface area contributed by atoms with Crippen molar-refractivity contribution in [1.82, 2.24) is 4.90 Å². The summed E-state index contributed by atoms with van der Waals surface area (Å²) in [5, 5.41) is 3.50. The monoisotopic (exact) mass is 444 g/mol. The Bertz CT molecular complexity index is 1030. The van der Waals surface area contributed by atoms with Crippen molar-refractivity contribution in [3.63, 3.8) is 0 Å². The van der Waals surface area contributed by atoms with E-state index in [2.05, 4.69) is 57.6 Å². The minimum Gasteiger partial charge on any atom is -0.497 e. The molecule has 1 heterocycles. The van der Waals surface area contributed by atoms with Crippen molar-refractivity contribution < 1.29 is 9.53 Å². The fourth-order valence-electron chi connectivity index (χ4n) is 4.43. The van der Waals surface area contributed by atoms with Crippen molar-refractivity contribution in [3.8, 4) is 5.75 Å². The Morgan fingerprint density at radius 3 is 2.27 bits per heavy atom. The highest BCUT2D eigenvalue weighted by molar-refractivity contribution is 5.98. The number of benzene rings is 3. The number of nitrogens with two attached hydrogens (primary N) is 1. The van der Waals surface area contributed by atoms with Gasteiger partial charge in [0.05, 0.1) is 12.7 Å². The van der Waals surface area contributed by atoms with Crippen LogP contribution in [0.5, 0.6) is 5.75 Å². The van der Waals surface area contributed by atoms with Crippen LogP contribution < -0.4 is 20.7 Å². The summed E-state index contributed by atoms with van der Waals surface area (Å²) in [5.74, 6) is 0.446. The van der Waals surface area contributed by atoms with E-state index in [0.717, 1.165) is 50.6 Å². The van der Waals surface area contributed by atoms with E-state index in [1.165, 1.54) is 11.3 Å². The number of ether oxygens (including phenoxy) is 1. The van der Waals surface area contributed by atoms with Gasteiger partial charge in [0.1, 0.15) is 5.75 Å². The van der Waals surface area contributed by atoms with Crippen LogP contribution in [0.1, 0.15) is 15.9 Å². The standard InChI is InChI=1S/C27H32N4O2/c1-33-24-13-11-21(12-14-24)19-23(20-29-26-10-6-5-9-25(26)27(28)32)31-17-15-30(16-18-31)22-7-3-2-4-8-22/h2-14,23,29H,15-20H2,1H3,(H2,28,32). The topological polar surface area (TPSA) is 70.8 Å². The summed E-state index contributed by atoms with van der Waals surface area (Å²) in [4.78, 5) is 16.8. The van der Waals surface area contributed by atoms with Gasteiger partial charge in [-0.1, -0.05) is 42.5 Å². The molecule has 3 aromatic rings. The van der Waals surface area contributed by atoms with Crippen LogP contribution in [0.25, 0.3) is 0 Å². The number of anilines is 2. The van der Waals surface area contributed by atoms with Gasteiger partial charge in [-0.3, -0.25) is 9.69 Å². The minimum absolute atomic E-state index is 0.275. The number of hydrogen-bond donors (Lipinski definition) is 2. The molecule has 1 atom stereocenters. The summed E-state index contributed by atoms with van der Waals surface area (Å²) in [6.45, 7) is 4.66. The summed E-state index contributed by atoms with van der Waals surface area (Å²) in [7, 11) is 1.68. The fourth-order valence-corrected chi connectivity index (χ4v) is 4.43. The number of nitrogens with zero attached hydrogens (tertiary/aromatic N) is 2. The first-order valence-corrected chi connectivity index (χ1v) is 11.4. The number of carbonyl (C=O) groups is 1. The van der Waals surface area contributed by atoms with E-state index in [0.29, 0.717) is 5.56 Å². The molecule has 1 unspecified atom stereocenters. The molecule has 0 bridgehead atoms. The SMILES string of the molecule is COc1ccc(CC(CNc2ccccc2C(N)=O)N2CCN(c3ccccc3)CC2)cc1. The fraction of sp³-hybridized carbons (Fsp3) is 0.296. The zero-order valence-electron chi connectivity index (χ0n) is 19.1. The first kappa shape index (κ1) is 22.7. The first-order valence-electron chi connectivity index (χ1n) is 11.4. The normalized spacial score (nSPS) is 15.1. The Balaban J connectivity index is 1.47. The average Bonchev–Trinajstić information content (AvgIpc) is 2.87. The number of para-hydroxylation sites is 2. The number of rotatable bonds is 9. The van der Waals surface area contributed by atoms with Gasteiger partial charge < -0.3 is 20.7 Å². The van der Waals surface area contributed by atoms with Gasteiger partial charge in [-0.05, 0) is 48.4 Å². The van der Waals surface area contributed by atoms with E-state index in [1.54, 1.807) is 13.2 Å². The lowest BCUT2D eigenvalue weighted by Crippen LogP contribution is -2.53. The Morgan fingerprint density at radius 2 is 1.61 bits per heavy atom. The zero-order valence-corrected chi connectivity index (χ0v) is 19.1. The molecule has 3 aromatic carbocycles. The van der Waals surface area contributed by atoms with Gasteiger partial charge >= 0.3 is 0 Å². The number of hydrogen-bond acceptors (Lipinski definition) is 5. The van der Waals surface area contributed by atoms with Gasteiger partial charge in [-0.15, -0.1) is 0 Å². The third-order valence-corrected chi connectivity index (χ3v) is 6.30. The van der Waals surface area contributed by atoms with Gasteiger partial charge in [-0.25, -0.2) is 0 Å². The lowest BCUT2D eigenvalue weighted by Gasteiger charge is -2.40. The second kappa shape index (κ2) is 10.9. The largest absolute Gasteiger partial charge is 0.497 e. The van der Waals surface area contributed by atoms with Crippen molar-refractivity contribution >= 4 is 17.3 Å². The molecule has 0 spiro atoms. The molecule has 3 N–H and O–H groups in total. The van der Waals surface area contributed by atoms with Crippen LogP contribution in [0.4, 0.5) is 11.4 Å². The molecule has 1 saturated heterocycles. The van der Waals surface area contributed by atoms with Crippen LogP contribution in [0.15, 0.2) is 78.9 Å². The Labute approximate surface area is 196 Å². The van der Waals surface area contributed by atoms with Gasteiger partial charge in [0.15, 0.2) is 0 Å². The van der Waals surface area contributed by atoms with E-state index in [9.17, 15) is 4.79 Å². The highest BCUT2D eigenvalue weighted by Crippen LogP contribution is 2.21. The van der Waals surface area contributed by atoms with E-state index in [4.69, 9.17) is 10.5 Å². The molecule has 4 rings (SSSR count). The molecule has 1 amide bonds. The van der Waals surface area contributed by atoms with E-state index in [-0.39, 0.29) is 6.04 Å². The van der Waals surface area contributed by atoms with Gasteiger partial charge in [0.25, 0.3) is 5.91 Å². The molecule has 1 fully saturated rings. The van der Waals surface area contributed by atoms with E-state index < -0.39 is 5.91 Å². The van der Waals surface area contributed by atoms with Crippen LogP contribution in [0.2, 0.25) is 0 Å². The van der Waals surface area contributed by atoms with Crippen molar-refractivity contribution in [3.05, 3.63) is 90.0 Å². The molecule has 0 aliphatic carbocycles. The molecular weight excluding hydrogens is 412 g/mol. The lowest BCUT2D eigenvalue weighted by molar-refractivity contribution is 0.100. The number of carbonyl (C=O) groups excluding carboxylic acids is 1. The highest BCUT2D eigenvalue weighted by atomic mass is 16.5. The predicted octanol–water partition coefficient (Wildman–Crippen LogP) is 3.64. The second-order valence-electron chi connectivity index (χ2n) is 8.36. The minimum atomic E-state index is -0.415. The van der Waals surface area contributed by atoms with Crippen LogP contribution in [0, 0.1) is 0 Å². The molecule has 6 heteroatoms. The Kier molecular flexibility index (Phi) is 7.47. The zero-order chi connectivity index (χ0) is 23.0. The van der Waals surface area contributed by atoms with Crippen molar-refractivity contribution in [2.24, 2.45) is 5.73 Å². The Morgan fingerprint density at radius 1 is 0.939 bits per heavy atom. The summed E-state index contributed by atoms with van der Waals surface area (Å²) in [6, 6.07) is 26.6. The number of amides is 1. The second-order valence-corrected chi connectivity index (χ2v) is 8.36. The van der Waals surface area contributed by atoms with Gasteiger partial charge in [0, 0.05) is 50.1 Å². The van der Waals surface area contributed by atoms with Crippen molar-refractivity contribution in [2.75, 3.05) is 50.1 Å². The summed E-state index contributed by atoms with van der Waals surface area (Å²) >= 11 is 0. The maximum Gasteiger partial charge on any atom is 0.250 e. The molecule has 1 aliphatic rings. The molecular formula is C27H32N4O2. The maximum atomic E-state index is 11.8. The molecule has 0 radical (unpaired) electrons. The average molecular weight is 445 g/mol. The first-order chi connectivity index (χ1) is 16.1. The quantitative estimate of drug-likeness (QED) is 0.527. The smallest absolute Gasteiger partial charge is 0.250 e. The van der Waals surface area contributed by atoms with Gasteiger partial charge in [0.2, 0.25) is 0 Å². The molecule has 6 nitrogen and oxygen atoms in total. The molecule has 33 heavy (non-hydrogen) atoms. The Hall–Kier alpha value is -3.51. The molecule has 1 aliphatic heterocycles. The maximum absolute atomic E-state index is 11.8. The van der Waals surface area contributed by atoms with Crippen molar-refractivity contribution in [2.45, 2.75) is 12.5 Å². The molecule has 172 valence electrons. The van der Waals surface area contributed by atoms with Crippen molar-refractivity contribution in [1.29, 1.82) is 0 Å². The van der Waals surface area contributed by atoms with E-state index >= 15 is 0 Å². The van der Waals surface area contributed by atoms with Crippen LogP contribution in [-0.4, -0.2) is 56.7 Å². The van der Waals surface area contributed by atoms with Crippen LogP contribution >= 0.6 is 0 Å². The highest BCUT2D eigenvalue weighted by Gasteiger charge is 2.24. The number of piperazine rings is 1. The van der Waals surface area contributed by atoms with Crippen LogP contribution in [-0.2, 0) is 6.42 Å². The lowest BCUT2D eigenvalue weighted by atomic mass is 10.0. The summed E-state index contributed by atoms with van der Waals surface area (Å²) in [5.41, 5.74) is 9.42. The third-order valence-electron chi connectivity index (χ3n) is 6.30. The number of nitrogens with one attached hydrogen (secondary N) is 1. The summed E-state index contributed by atoms with van der Waals surface area (Å²) in [6.07, 6.45) is 0.904. The summed E-state index contributed by atoms with van der Waals surface area (Å²) < 4.78 is 5.31. The van der Waals surface area contributed by atoms with Crippen LogP contribution in [0.3, 0.4) is 0 Å².